The van der Waals surface area contributed by atoms with Crippen LogP contribution in [0.1, 0.15) is 43.9 Å². The number of piperazine rings is 1. The molecule has 0 spiro atoms. The summed E-state index contributed by atoms with van der Waals surface area (Å²) in [5, 5.41) is 3.33. The first-order valence-electron chi connectivity index (χ1n) is 8.58. The fraction of sp³-hybridized carbons (Fsp3) is 0.667. The standard InChI is InChI=1S/C18H27F3N2O/c1-4-5-13(2)17(23-10-8-22-9-11-23)15-7-6-14(18(19,20)21)12-16(15)24-3/h6-7,12-13,17,22H,4-5,8-11H2,1-3H3/t13?,17-/m0/s1. The number of alkyl halides is 3. The molecular formula is C18H27F3N2O. The third kappa shape index (κ3) is 4.42. The van der Waals surface area contributed by atoms with E-state index in [1.807, 2.05) is 0 Å². The summed E-state index contributed by atoms with van der Waals surface area (Å²) < 4.78 is 44.3. The summed E-state index contributed by atoms with van der Waals surface area (Å²) >= 11 is 0. The molecule has 1 aromatic rings. The number of hydrogen-bond donors (Lipinski definition) is 1. The first-order valence-corrected chi connectivity index (χ1v) is 8.58. The van der Waals surface area contributed by atoms with Gasteiger partial charge in [0.05, 0.1) is 12.7 Å². The minimum atomic E-state index is -4.36. The lowest BCUT2D eigenvalue weighted by Crippen LogP contribution is -2.46. The van der Waals surface area contributed by atoms with Gasteiger partial charge >= 0.3 is 6.18 Å². The van der Waals surface area contributed by atoms with Gasteiger partial charge < -0.3 is 10.1 Å². The minimum Gasteiger partial charge on any atom is -0.496 e. The van der Waals surface area contributed by atoms with Crippen LogP contribution in [-0.2, 0) is 6.18 Å². The molecule has 0 aromatic heterocycles. The van der Waals surface area contributed by atoms with Crippen molar-refractivity contribution in [2.24, 2.45) is 5.92 Å². The Kier molecular flexibility index (Phi) is 6.52. The predicted octanol–water partition coefficient (Wildman–Crippen LogP) is 4.10. The lowest BCUT2D eigenvalue weighted by molar-refractivity contribution is -0.137. The van der Waals surface area contributed by atoms with Crippen LogP contribution in [0.2, 0.25) is 0 Å². The zero-order valence-electron chi connectivity index (χ0n) is 14.6. The second kappa shape index (κ2) is 8.21. The van der Waals surface area contributed by atoms with E-state index in [-0.39, 0.29) is 6.04 Å². The Hall–Kier alpha value is -1.27. The number of rotatable bonds is 6. The molecule has 136 valence electrons. The second-order valence-electron chi connectivity index (χ2n) is 6.45. The molecule has 24 heavy (non-hydrogen) atoms. The van der Waals surface area contributed by atoms with E-state index in [9.17, 15) is 13.2 Å². The summed E-state index contributed by atoms with van der Waals surface area (Å²) in [6, 6.07) is 3.97. The van der Waals surface area contributed by atoms with Crippen LogP contribution in [0.25, 0.3) is 0 Å². The molecule has 1 heterocycles. The van der Waals surface area contributed by atoms with E-state index in [0.29, 0.717) is 11.7 Å². The van der Waals surface area contributed by atoms with Gasteiger partial charge in [0.2, 0.25) is 0 Å². The Morgan fingerprint density at radius 1 is 1.25 bits per heavy atom. The zero-order chi connectivity index (χ0) is 17.7. The van der Waals surface area contributed by atoms with E-state index < -0.39 is 11.7 Å². The SMILES string of the molecule is CCCC(C)[C@@H](c1ccc(C(F)(F)F)cc1OC)N1CCNCC1. The molecule has 0 bridgehead atoms. The monoisotopic (exact) mass is 344 g/mol. The first kappa shape index (κ1) is 19.1. The van der Waals surface area contributed by atoms with Crippen molar-refractivity contribution in [1.82, 2.24) is 10.2 Å². The van der Waals surface area contributed by atoms with Crippen LogP contribution < -0.4 is 10.1 Å². The predicted molar refractivity (Wildman–Crippen MR) is 89.3 cm³/mol. The van der Waals surface area contributed by atoms with Gasteiger partial charge in [-0.2, -0.15) is 13.2 Å². The van der Waals surface area contributed by atoms with Gasteiger partial charge in [0.15, 0.2) is 0 Å². The van der Waals surface area contributed by atoms with Gasteiger partial charge in [-0.3, -0.25) is 4.90 Å². The molecule has 0 amide bonds. The summed E-state index contributed by atoms with van der Waals surface area (Å²) in [6.45, 7) is 7.89. The molecule has 3 nitrogen and oxygen atoms in total. The molecule has 1 saturated heterocycles. The maximum absolute atomic E-state index is 13.0. The van der Waals surface area contributed by atoms with Gasteiger partial charge in [-0.1, -0.05) is 26.3 Å². The molecule has 1 aromatic carbocycles. The smallest absolute Gasteiger partial charge is 0.416 e. The topological polar surface area (TPSA) is 24.5 Å². The van der Waals surface area contributed by atoms with Crippen LogP contribution in [-0.4, -0.2) is 38.2 Å². The van der Waals surface area contributed by atoms with Gasteiger partial charge in [0.1, 0.15) is 5.75 Å². The third-order valence-corrected chi connectivity index (χ3v) is 4.71. The van der Waals surface area contributed by atoms with E-state index in [2.05, 4.69) is 24.1 Å². The van der Waals surface area contributed by atoms with Crippen LogP contribution in [0.3, 0.4) is 0 Å². The average molecular weight is 344 g/mol. The molecule has 6 heteroatoms. The third-order valence-electron chi connectivity index (χ3n) is 4.71. The second-order valence-corrected chi connectivity index (χ2v) is 6.45. The molecule has 0 radical (unpaired) electrons. The fourth-order valence-electron chi connectivity index (χ4n) is 3.57. The molecule has 1 aliphatic rings. The lowest BCUT2D eigenvalue weighted by atomic mass is 9.88. The molecule has 0 saturated carbocycles. The number of benzene rings is 1. The summed E-state index contributed by atoms with van der Waals surface area (Å²) in [5.41, 5.74) is 0.193. The van der Waals surface area contributed by atoms with Crippen molar-refractivity contribution in [3.63, 3.8) is 0 Å². The van der Waals surface area contributed by atoms with E-state index >= 15 is 0 Å². The highest BCUT2D eigenvalue weighted by Gasteiger charge is 2.34. The zero-order valence-corrected chi connectivity index (χ0v) is 14.6. The van der Waals surface area contributed by atoms with Crippen molar-refractivity contribution >= 4 is 0 Å². The molecule has 1 N–H and O–H groups in total. The van der Waals surface area contributed by atoms with Crippen LogP contribution in [0.15, 0.2) is 18.2 Å². The van der Waals surface area contributed by atoms with E-state index in [1.165, 1.54) is 13.2 Å². The highest BCUT2D eigenvalue weighted by atomic mass is 19.4. The highest BCUT2D eigenvalue weighted by molar-refractivity contribution is 5.41. The number of nitrogens with one attached hydrogen (secondary N) is 1. The molecular weight excluding hydrogens is 317 g/mol. The van der Waals surface area contributed by atoms with E-state index in [4.69, 9.17) is 4.74 Å². The number of halogens is 3. The van der Waals surface area contributed by atoms with Crippen LogP contribution in [0.5, 0.6) is 5.75 Å². The van der Waals surface area contributed by atoms with Crippen molar-refractivity contribution < 1.29 is 17.9 Å². The summed E-state index contributed by atoms with van der Waals surface area (Å²) in [5.74, 6) is 0.676. The number of ether oxygens (including phenoxy) is 1. The van der Waals surface area contributed by atoms with Crippen molar-refractivity contribution in [3.05, 3.63) is 29.3 Å². The summed E-state index contributed by atoms with van der Waals surface area (Å²) in [7, 11) is 1.44. The normalized spacial score (nSPS) is 19.1. The minimum absolute atomic E-state index is 0.0734. The largest absolute Gasteiger partial charge is 0.496 e. The summed E-state index contributed by atoms with van der Waals surface area (Å²) in [4.78, 5) is 2.36. The molecule has 2 rings (SSSR count). The Balaban J connectivity index is 2.40. The molecule has 0 aliphatic carbocycles. The fourth-order valence-corrected chi connectivity index (χ4v) is 3.57. The van der Waals surface area contributed by atoms with Crippen molar-refractivity contribution in [1.29, 1.82) is 0 Å². The quantitative estimate of drug-likeness (QED) is 0.841. The Morgan fingerprint density at radius 3 is 2.46 bits per heavy atom. The first-order chi connectivity index (χ1) is 11.4. The van der Waals surface area contributed by atoms with Crippen LogP contribution in [0.4, 0.5) is 13.2 Å². The van der Waals surface area contributed by atoms with Crippen LogP contribution >= 0.6 is 0 Å². The Morgan fingerprint density at radius 2 is 1.92 bits per heavy atom. The van der Waals surface area contributed by atoms with Gasteiger partial charge in [-0.15, -0.1) is 0 Å². The number of methoxy groups -OCH3 is 1. The maximum atomic E-state index is 13.0. The number of nitrogens with zero attached hydrogens (tertiary/aromatic N) is 1. The van der Waals surface area contributed by atoms with E-state index in [0.717, 1.165) is 50.7 Å². The van der Waals surface area contributed by atoms with Gasteiger partial charge in [0.25, 0.3) is 0 Å². The van der Waals surface area contributed by atoms with Crippen molar-refractivity contribution in [2.45, 2.75) is 38.9 Å². The Bertz CT molecular complexity index is 527. The molecule has 2 atom stereocenters. The molecule has 1 fully saturated rings. The van der Waals surface area contributed by atoms with Crippen LogP contribution in [0, 0.1) is 5.92 Å². The van der Waals surface area contributed by atoms with Gasteiger partial charge in [-0.25, -0.2) is 0 Å². The molecule has 1 aliphatic heterocycles. The van der Waals surface area contributed by atoms with Crippen molar-refractivity contribution in [2.75, 3.05) is 33.3 Å². The van der Waals surface area contributed by atoms with Crippen molar-refractivity contribution in [3.8, 4) is 5.75 Å². The highest BCUT2D eigenvalue weighted by Crippen LogP contribution is 2.40. The number of hydrogen-bond acceptors (Lipinski definition) is 3. The van der Waals surface area contributed by atoms with E-state index in [1.54, 1.807) is 6.07 Å². The maximum Gasteiger partial charge on any atom is 0.416 e. The lowest BCUT2D eigenvalue weighted by Gasteiger charge is -2.39. The van der Waals surface area contributed by atoms with Gasteiger partial charge in [-0.05, 0) is 24.5 Å². The van der Waals surface area contributed by atoms with Gasteiger partial charge in [0, 0.05) is 37.8 Å². The summed E-state index contributed by atoms with van der Waals surface area (Å²) in [6.07, 6.45) is -2.28. The molecule has 1 unspecified atom stereocenters. The average Bonchev–Trinajstić information content (AvgIpc) is 2.55. The Labute approximate surface area is 142 Å².